The van der Waals surface area contributed by atoms with E-state index in [1.807, 2.05) is 7.05 Å². The first-order valence-electron chi connectivity index (χ1n) is 9.51. The summed E-state index contributed by atoms with van der Waals surface area (Å²) in [5.74, 6) is 0.861. The molecule has 0 saturated carbocycles. The van der Waals surface area contributed by atoms with E-state index in [0.717, 1.165) is 58.4 Å². The van der Waals surface area contributed by atoms with Crippen molar-refractivity contribution in [2.45, 2.75) is 25.9 Å². The van der Waals surface area contributed by atoms with Crippen LogP contribution in [0.15, 0.2) is 35.3 Å². The van der Waals surface area contributed by atoms with Crippen molar-refractivity contribution in [3.8, 4) is 0 Å². The second-order valence-electron chi connectivity index (χ2n) is 7.49. The standard InChI is InChI=1S/C20H35N5O/c1-20(2,25-12-14-26-15-13-25)17-23-19(21-3)22-10-11-24(4)16-18-8-6-5-7-9-18/h5-9H,10-17H2,1-4H3,(H2,21,22,23). The molecule has 26 heavy (non-hydrogen) atoms. The summed E-state index contributed by atoms with van der Waals surface area (Å²) in [5, 5.41) is 6.88. The molecule has 1 saturated heterocycles. The van der Waals surface area contributed by atoms with Crippen LogP contribution in [0, 0.1) is 0 Å². The number of aliphatic imine (C=N–C) groups is 1. The normalized spacial score (nSPS) is 16.7. The molecule has 0 bridgehead atoms. The van der Waals surface area contributed by atoms with Crippen LogP contribution in [0.4, 0.5) is 0 Å². The maximum Gasteiger partial charge on any atom is 0.191 e. The van der Waals surface area contributed by atoms with E-state index in [1.165, 1.54) is 5.56 Å². The Labute approximate surface area is 158 Å². The van der Waals surface area contributed by atoms with Crippen LogP contribution in [0.25, 0.3) is 0 Å². The van der Waals surface area contributed by atoms with Gasteiger partial charge < -0.3 is 20.3 Å². The molecule has 6 heteroatoms. The highest BCUT2D eigenvalue weighted by Gasteiger charge is 2.28. The molecular formula is C20H35N5O. The summed E-state index contributed by atoms with van der Waals surface area (Å²) in [7, 11) is 3.97. The molecule has 0 unspecified atom stereocenters. The van der Waals surface area contributed by atoms with Crippen molar-refractivity contribution in [1.82, 2.24) is 20.4 Å². The van der Waals surface area contributed by atoms with Crippen LogP contribution >= 0.6 is 0 Å². The first-order valence-corrected chi connectivity index (χ1v) is 9.51. The largest absolute Gasteiger partial charge is 0.379 e. The van der Waals surface area contributed by atoms with Crippen LogP contribution in [-0.2, 0) is 11.3 Å². The summed E-state index contributed by atoms with van der Waals surface area (Å²) in [5.41, 5.74) is 1.41. The predicted molar refractivity (Wildman–Crippen MR) is 109 cm³/mol. The summed E-state index contributed by atoms with van der Waals surface area (Å²) in [6.45, 7) is 11.8. The third kappa shape index (κ3) is 6.94. The van der Waals surface area contributed by atoms with Gasteiger partial charge in [0.2, 0.25) is 0 Å². The Morgan fingerprint density at radius 2 is 1.88 bits per heavy atom. The predicted octanol–water partition coefficient (Wildman–Crippen LogP) is 1.39. The van der Waals surface area contributed by atoms with Gasteiger partial charge in [0.1, 0.15) is 0 Å². The van der Waals surface area contributed by atoms with Crippen molar-refractivity contribution in [2.24, 2.45) is 4.99 Å². The van der Waals surface area contributed by atoms with Gasteiger partial charge in [-0.1, -0.05) is 30.3 Å². The zero-order valence-electron chi connectivity index (χ0n) is 16.8. The van der Waals surface area contributed by atoms with E-state index in [1.54, 1.807) is 0 Å². The monoisotopic (exact) mass is 361 g/mol. The van der Waals surface area contributed by atoms with Crippen LogP contribution < -0.4 is 10.6 Å². The molecule has 146 valence electrons. The molecule has 1 aliphatic rings. The molecular weight excluding hydrogens is 326 g/mol. The van der Waals surface area contributed by atoms with E-state index < -0.39 is 0 Å². The number of benzene rings is 1. The SMILES string of the molecule is CN=C(NCCN(C)Cc1ccccc1)NCC(C)(C)N1CCOCC1. The lowest BCUT2D eigenvalue weighted by Crippen LogP contribution is -2.56. The molecule has 0 amide bonds. The molecule has 1 fully saturated rings. The van der Waals surface area contributed by atoms with Crippen LogP contribution in [0.1, 0.15) is 19.4 Å². The topological polar surface area (TPSA) is 52.1 Å². The summed E-state index contributed by atoms with van der Waals surface area (Å²) in [6, 6.07) is 10.6. The Kier molecular flexibility index (Phi) is 8.35. The highest BCUT2D eigenvalue weighted by atomic mass is 16.5. The quantitative estimate of drug-likeness (QED) is 0.541. The van der Waals surface area contributed by atoms with Crippen LogP contribution in [-0.4, -0.2) is 81.3 Å². The lowest BCUT2D eigenvalue weighted by Gasteiger charge is -2.41. The second-order valence-corrected chi connectivity index (χ2v) is 7.49. The highest BCUT2D eigenvalue weighted by molar-refractivity contribution is 5.79. The van der Waals surface area contributed by atoms with Gasteiger partial charge in [-0.2, -0.15) is 0 Å². The van der Waals surface area contributed by atoms with E-state index in [9.17, 15) is 0 Å². The second kappa shape index (κ2) is 10.5. The summed E-state index contributed by atoms with van der Waals surface area (Å²) in [4.78, 5) is 9.14. The van der Waals surface area contributed by atoms with Crippen molar-refractivity contribution in [1.29, 1.82) is 0 Å². The molecule has 0 spiro atoms. The maximum atomic E-state index is 5.46. The number of hydrogen-bond acceptors (Lipinski definition) is 4. The number of rotatable bonds is 8. The van der Waals surface area contributed by atoms with Gasteiger partial charge in [0.25, 0.3) is 0 Å². The summed E-state index contributed by atoms with van der Waals surface area (Å²) in [6.07, 6.45) is 0. The zero-order chi connectivity index (χ0) is 18.8. The van der Waals surface area contributed by atoms with Crippen molar-refractivity contribution in [2.75, 3.05) is 60.0 Å². The molecule has 2 N–H and O–H groups in total. The van der Waals surface area contributed by atoms with E-state index in [4.69, 9.17) is 4.74 Å². The Balaban J connectivity index is 1.68. The molecule has 2 rings (SSSR count). The minimum Gasteiger partial charge on any atom is -0.379 e. The minimum atomic E-state index is 0.0749. The molecule has 1 aliphatic heterocycles. The van der Waals surface area contributed by atoms with Gasteiger partial charge in [-0.25, -0.2) is 0 Å². The van der Waals surface area contributed by atoms with E-state index in [0.29, 0.717) is 0 Å². The van der Waals surface area contributed by atoms with Gasteiger partial charge in [-0.3, -0.25) is 9.89 Å². The first-order chi connectivity index (χ1) is 12.5. The molecule has 0 atom stereocenters. The van der Waals surface area contributed by atoms with Gasteiger partial charge in [-0.05, 0) is 26.5 Å². The highest BCUT2D eigenvalue weighted by Crippen LogP contribution is 2.14. The molecule has 6 nitrogen and oxygen atoms in total. The Morgan fingerprint density at radius 3 is 2.54 bits per heavy atom. The molecule has 0 radical (unpaired) electrons. The summed E-state index contributed by atoms with van der Waals surface area (Å²) < 4.78 is 5.46. The third-order valence-corrected chi connectivity index (χ3v) is 4.86. The first kappa shape index (κ1) is 20.7. The lowest BCUT2D eigenvalue weighted by molar-refractivity contribution is -0.00834. The number of ether oxygens (including phenoxy) is 1. The van der Waals surface area contributed by atoms with Crippen LogP contribution in [0.3, 0.4) is 0 Å². The maximum absolute atomic E-state index is 5.46. The van der Waals surface area contributed by atoms with E-state index in [2.05, 4.69) is 76.7 Å². The number of guanidine groups is 1. The van der Waals surface area contributed by atoms with Crippen molar-refractivity contribution in [3.63, 3.8) is 0 Å². The van der Waals surface area contributed by atoms with Gasteiger partial charge in [0.15, 0.2) is 5.96 Å². The molecule has 0 aliphatic carbocycles. The van der Waals surface area contributed by atoms with Crippen molar-refractivity contribution >= 4 is 5.96 Å². The van der Waals surface area contributed by atoms with Crippen molar-refractivity contribution < 1.29 is 4.74 Å². The average Bonchev–Trinajstić information content (AvgIpc) is 2.66. The number of nitrogens with zero attached hydrogens (tertiary/aromatic N) is 3. The summed E-state index contributed by atoms with van der Waals surface area (Å²) >= 11 is 0. The third-order valence-electron chi connectivity index (χ3n) is 4.86. The fraction of sp³-hybridized carbons (Fsp3) is 0.650. The van der Waals surface area contributed by atoms with Crippen LogP contribution in [0.2, 0.25) is 0 Å². The average molecular weight is 362 g/mol. The minimum absolute atomic E-state index is 0.0749. The van der Waals surface area contributed by atoms with Gasteiger partial charge in [-0.15, -0.1) is 0 Å². The molecule has 1 heterocycles. The Bertz CT molecular complexity index is 540. The smallest absolute Gasteiger partial charge is 0.191 e. The number of likely N-dealkylation sites (N-methyl/N-ethyl adjacent to an activating group) is 1. The fourth-order valence-electron chi connectivity index (χ4n) is 3.14. The van der Waals surface area contributed by atoms with E-state index in [-0.39, 0.29) is 5.54 Å². The molecule has 1 aromatic rings. The number of hydrogen-bond donors (Lipinski definition) is 2. The van der Waals surface area contributed by atoms with Gasteiger partial charge in [0.05, 0.1) is 13.2 Å². The number of nitrogens with one attached hydrogen (secondary N) is 2. The fourth-order valence-corrected chi connectivity index (χ4v) is 3.14. The Hall–Kier alpha value is -1.63. The number of morpholine rings is 1. The zero-order valence-corrected chi connectivity index (χ0v) is 16.8. The van der Waals surface area contributed by atoms with Gasteiger partial charge in [0, 0.05) is 51.9 Å². The van der Waals surface area contributed by atoms with Crippen LogP contribution in [0.5, 0.6) is 0 Å². The lowest BCUT2D eigenvalue weighted by atomic mass is 10.0. The van der Waals surface area contributed by atoms with Gasteiger partial charge >= 0.3 is 0 Å². The van der Waals surface area contributed by atoms with E-state index >= 15 is 0 Å². The molecule has 0 aromatic heterocycles. The Morgan fingerprint density at radius 1 is 1.19 bits per heavy atom. The van der Waals surface area contributed by atoms with Crippen molar-refractivity contribution in [3.05, 3.63) is 35.9 Å². The molecule has 1 aromatic carbocycles.